The molecule has 1 aromatic rings. The van der Waals surface area contributed by atoms with Gasteiger partial charge in [0.1, 0.15) is 0 Å². The van der Waals surface area contributed by atoms with E-state index >= 15 is 0 Å². The van der Waals surface area contributed by atoms with Crippen molar-refractivity contribution in [3.8, 4) is 0 Å². The summed E-state index contributed by atoms with van der Waals surface area (Å²) >= 11 is 0. The summed E-state index contributed by atoms with van der Waals surface area (Å²) in [4.78, 5) is 16.9. The Balaban J connectivity index is 0.00000338. The van der Waals surface area contributed by atoms with Gasteiger partial charge < -0.3 is 15.0 Å². The molecule has 1 amide bonds. The highest BCUT2D eigenvalue weighted by molar-refractivity contribution is 5.85. The molecule has 2 atom stereocenters. The van der Waals surface area contributed by atoms with Crippen LogP contribution in [0, 0.1) is 11.8 Å². The van der Waals surface area contributed by atoms with Crippen molar-refractivity contribution in [1.82, 2.24) is 15.1 Å². The van der Waals surface area contributed by atoms with Crippen molar-refractivity contribution in [1.29, 1.82) is 0 Å². The van der Waals surface area contributed by atoms with E-state index in [0.29, 0.717) is 37.6 Å². The molecule has 27 heavy (non-hydrogen) atoms. The highest BCUT2D eigenvalue weighted by atomic mass is 35.5. The van der Waals surface area contributed by atoms with Crippen molar-refractivity contribution in [2.75, 3.05) is 46.9 Å². The van der Waals surface area contributed by atoms with Crippen molar-refractivity contribution in [3.63, 3.8) is 0 Å². The summed E-state index contributed by atoms with van der Waals surface area (Å²) in [5.41, 5.74) is 1.35. The molecule has 0 spiro atoms. The minimum atomic E-state index is 0. The van der Waals surface area contributed by atoms with Gasteiger partial charge in [0.05, 0.1) is 13.2 Å². The lowest BCUT2D eigenvalue weighted by atomic mass is 9.84. The first-order chi connectivity index (χ1) is 12.0. The second kappa shape index (κ2) is 13.3. The maximum Gasteiger partial charge on any atom is 0.236 e. The quantitative estimate of drug-likeness (QED) is 0.657. The van der Waals surface area contributed by atoms with Crippen molar-refractivity contribution < 1.29 is 9.53 Å². The number of piperidine rings is 1. The molecule has 5 nitrogen and oxygen atoms in total. The maximum atomic E-state index is 12.5. The molecule has 1 aromatic carbocycles. The SMILES string of the molecule is COCCNCC(=O)N(C)C1C(C)CN(Cc2ccccc2)CC1C.Cl.Cl. The van der Waals surface area contributed by atoms with Crippen LogP contribution < -0.4 is 5.32 Å². The number of likely N-dealkylation sites (N-methyl/N-ethyl adjacent to an activating group) is 1. The van der Waals surface area contributed by atoms with Crippen LogP contribution in [-0.4, -0.2) is 68.7 Å². The molecular weight excluding hydrogens is 385 g/mol. The van der Waals surface area contributed by atoms with Gasteiger partial charge in [0.15, 0.2) is 0 Å². The molecule has 2 rings (SSSR count). The molecule has 0 saturated carbocycles. The van der Waals surface area contributed by atoms with E-state index in [9.17, 15) is 4.79 Å². The van der Waals surface area contributed by atoms with Gasteiger partial charge in [0.2, 0.25) is 5.91 Å². The highest BCUT2D eigenvalue weighted by Crippen LogP contribution is 2.27. The average molecular weight is 420 g/mol. The number of hydrogen-bond acceptors (Lipinski definition) is 4. The normalized spacial score (nSPS) is 22.4. The number of likely N-dealkylation sites (tertiary alicyclic amines) is 1. The molecule has 1 aliphatic heterocycles. The summed E-state index contributed by atoms with van der Waals surface area (Å²) in [5, 5.41) is 3.15. The van der Waals surface area contributed by atoms with E-state index in [0.717, 1.165) is 19.6 Å². The third-order valence-electron chi connectivity index (χ3n) is 5.11. The van der Waals surface area contributed by atoms with Gasteiger partial charge in [-0.05, 0) is 17.4 Å². The fraction of sp³-hybridized carbons (Fsp3) is 0.650. The number of nitrogens with one attached hydrogen (secondary N) is 1. The highest BCUT2D eigenvalue weighted by Gasteiger charge is 2.36. The number of amides is 1. The van der Waals surface area contributed by atoms with Crippen LogP contribution in [0.1, 0.15) is 19.4 Å². The number of carbonyl (C=O) groups excluding carboxylic acids is 1. The Labute approximate surface area is 176 Å². The van der Waals surface area contributed by atoms with Crippen LogP contribution in [0.4, 0.5) is 0 Å². The van der Waals surface area contributed by atoms with Crippen LogP contribution in [0.15, 0.2) is 30.3 Å². The Morgan fingerprint density at radius 1 is 1.19 bits per heavy atom. The molecule has 1 fully saturated rings. The lowest BCUT2D eigenvalue weighted by Gasteiger charge is -2.45. The van der Waals surface area contributed by atoms with Gasteiger partial charge in [-0.3, -0.25) is 9.69 Å². The molecule has 1 heterocycles. The molecule has 2 unspecified atom stereocenters. The molecule has 0 aromatic heterocycles. The molecule has 7 heteroatoms. The zero-order valence-electron chi connectivity index (χ0n) is 16.9. The number of hydrogen-bond donors (Lipinski definition) is 1. The number of methoxy groups -OCH3 is 1. The molecule has 1 aliphatic rings. The number of carbonyl (C=O) groups is 1. The third-order valence-corrected chi connectivity index (χ3v) is 5.11. The van der Waals surface area contributed by atoms with Crippen LogP contribution >= 0.6 is 24.8 Å². The van der Waals surface area contributed by atoms with Crippen molar-refractivity contribution in [3.05, 3.63) is 35.9 Å². The Bertz CT molecular complexity index is 521. The van der Waals surface area contributed by atoms with Crippen LogP contribution in [-0.2, 0) is 16.1 Å². The predicted octanol–water partition coefficient (Wildman–Crippen LogP) is 2.68. The molecule has 1 saturated heterocycles. The van der Waals surface area contributed by atoms with E-state index in [2.05, 4.69) is 54.4 Å². The molecule has 156 valence electrons. The average Bonchev–Trinajstić information content (AvgIpc) is 2.58. The molecule has 0 bridgehead atoms. The van der Waals surface area contributed by atoms with E-state index in [1.165, 1.54) is 5.56 Å². The van der Waals surface area contributed by atoms with Crippen LogP contribution in [0.3, 0.4) is 0 Å². The van der Waals surface area contributed by atoms with Gasteiger partial charge in [-0.25, -0.2) is 0 Å². The predicted molar refractivity (Wildman–Crippen MR) is 116 cm³/mol. The van der Waals surface area contributed by atoms with E-state index in [-0.39, 0.29) is 30.7 Å². The van der Waals surface area contributed by atoms with Gasteiger partial charge in [0, 0.05) is 46.4 Å². The number of rotatable bonds is 8. The van der Waals surface area contributed by atoms with E-state index in [4.69, 9.17) is 4.74 Å². The van der Waals surface area contributed by atoms with Crippen molar-refractivity contribution in [2.24, 2.45) is 11.8 Å². The minimum absolute atomic E-state index is 0. The topological polar surface area (TPSA) is 44.8 Å². The Morgan fingerprint density at radius 2 is 1.78 bits per heavy atom. The van der Waals surface area contributed by atoms with E-state index in [1.54, 1.807) is 7.11 Å². The summed E-state index contributed by atoms with van der Waals surface area (Å²) in [5.74, 6) is 1.08. The monoisotopic (exact) mass is 419 g/mol. The Kier molecular flexibility index (Phi) is 12.9. The molecule has 1 N–H and O–H groups in total. The smallest absolute Gasteiger partial charge is 0.236 e. The first-order valence-electron chi connectivity index (χ1n) is 9.24. The molecule has 0 radical (unpaired) electrons. The minimum Gasteiger partial charge on any atom is -0.383 e. The van der Waals surface area contributed by atoms with E-state index in [1.807, 2.05) is 11.9 Å². The first-order valence-corrected chi connectivity index (χ1v) is 9.24. The van der Waals surface area contributed by atoms with Gasteiger partial charge in [-0.15, -0.1) is 24.8 Å². The fourth-order valence-corrected chi connectivity index (χ4v) is 4.06. The van der Waals surface area contributed by atoms with Gasteiger partial charge in [-0.1, -0.05) is 44.2 Å². The molecular formula is C20H35Cl2N3O2. The van der Waals surface area contributed by atoms with Gasteiger partial charge in [0.25, 0.3) is 0 Å². The summed E-state index contributed by atoms with van der Waals surface area (Å²) in [6, 6.07) is 10.9. The zero-order valence-corrected chi connectivity index (χ0v) is 18.5. The maximum absolute atomic E-state index is 12.5. The van der Waals surface area contributed by atoms with Gasteiger partial charge >= 0.3 is 0 Å². The number of benzene rings is 1. The van der Waals surface area contributed by atoms with Crippen molar-refractivity contribution >= 4 is 30.7 Å². The fourth-order valence-electron chi connectivity index (χ4n) is 4.06. The van der Waals surface area contributed by atoms with Crippen LogP contribution in [0.2, 0.25) is 0 Å². The van der Waals surface area contributed by atoms with Gasteiger partial charge in [-0.2, -0.15) is 0 Å². The lowest BCUT2D eigenvalue weighted by Crippen LogP contribution is -2.56. The summed E-state index contributed by atoms with van der Waals surface area (Å²) in [6.07, 6.45) is 0. The Morgan fingerprint density at radius 3 is 2.33 bits per heavy atom. The summed E-state index contributed by atoms with van der Waals surface area (Å²) in [7, 11) is 3.62. The van der Waals surface area contributed by atoms with Crippen LogP contribution in [0.5, 0.6) is 0 Å². The number of nitrogens with zero attached hydrogens (tertiary/aromatic N) is 2. The van der Waals surface area contributed by atoms with Crippen molar-refractivity contribution in [2.45, 2.75) is 26.4 Å². The summed E-state index contributed by atoms with van der Waals surface area (Å²) in [6.45, 7) is 9.28. The second-order valence-corrected chi connectivity index (χ2v) is 7.30. The Hall–Kier alpha value is -0.850. The summed E-state index contributed by atoms with van der Waals surface area (Å²) < 4.78 is 5.00. The molecule has 0 aliphatic carbocycles. The second-order valence-electron chi connectivity index (χ2n) is 7.30. The third kappa shape index (κ3) is 7.96. The number of halogens is 2. The first kappa shape index (κ1) is 26.1. The largest absolute Gasteiger partial charge is 0.383 e. The standard InChI is InChI=1S/C20H33N3O2.2ClH/c1-16-13-23(15-18-8-6-5-7-9-18)14-17(2)20(16)22(3)19(24)12-21-10-11-25-4;;/h5-9,16-17,20-21H,10-15H2,1-4H3;2*1H. The zero-order chi connectivity index (χ0) is 18.2. The van der Waals surface area contributed by atoms with Crippen LogP contribution in [0.25, 0.3) is 0 Å². The number of ether oxygens (including phenoxy) is 1. The lowest BCUT2D eigenvalue weighted by molar-refractivity contribution is -0.134. The van der Waals surface area contributed by atoms with E-state index < -0.39 is 0 Å².